The normalized spacial score (nSPS) is 9.58. The zero-order valence-corrected chi connectivity index (χ0v) is 21.2. The number of rotatable bonds is 12. The van der Waals surface area contributed by atoms with E-state index in [4.69, 9.17) is 4.74 Å². The maximum absolute atomic E-state index is 12.0. The molecule has 0 saturated carbocycles. The molecule has 0 aliphatic carbocycles. The van der Waals surface area contributed by atoms with Crippen molar-refractivity contribution in [1.82, 2.24) is 0 Å². The highest BCUT2D eigenvalue weighted by Crippen LogP contribution is 2.15. The van der Waals surface area contributed by atoms with Crippen molar-refractivity contribution in [3.8, 4) is 5.75 Å². The van der Waals surface area contributed by atoms with E-state index in [9.17, 15) is 9.59 Å². The lowest BCUT2D eigenvalue weighted by Crippen LogP contribution is -1.99. The Morgan fingerprint density at radius 1 is 0.871 bits per heavy atom. The first-order valence-electron chi connectivity index (χ1n) is 11.4. The largest absolute Gasteiger partial charge is 0.497 e. The maximum atomic E-state index is 12.0. The number of benzene rings is 2. The number of aldehydes is 1. The Kier molecular flexibility index (Phi) is 18.7. The molecule has 0 atom stereocenters. The fourth-order valence-electron chi connectivity index (χ4n) is 2.83. The van der Waals surface area contributed by atoms with Gasteiger partial charge in [0.1, 0.15) is 17.8 Å². The molecule has 0 bridgehead atoms. The van der Waals surface area contributed by atoms with Crippen LogP contribution in [0.1, 0.15) is 76.8 Å². The van der Waals surface area contributed by atoms with Crippen molar-refractivity contribution in [2.75, 3.05) is 7.11 Å². The summed E-state index contributed by atoms with van der Waals surface area (Å²) in [5.41, 5.74) is 2.60. The molecule has 0 amide bonds. The van der Waals surface area contributed by atoms with Crippen LogP contribution in [-0.2, 0) is 22.4 Å². The molecule has 31 heavy (non-hydrogen) atoms. The summed E-state index contributed by atoms with van der Waals surface area (Å²) in [5.74, 6) is 1.28. The molecular formula is C27H39BrO3. The van der Waals surface area contributed by atoms with Gasteiger partial charge in [0.25, 0.3) is 0 Å². The van der Waals surface area contributed by atoms with E-state index in [1.165, 1.54) is 11.1 Å². The summed E-state index contributed by atoms with van der Waals surface area (Å²) in [6.45, 7) is 5.98. The number of halogens is 1. The molecule has 0 aromatic heterocycles. The van der Waals surface area contributed by atoms with Crippen LogP contribution in [0.5, 0.6) is 5.75 Å². The van der Waals surface area contributed by atoms with Crippen LogP contribution in [0.3, 0.4) is 0 Å². The number of methoxy groups -OCH3 is 1. The molecule has 0 aliphatic rings. The van der Waals surface area contributed by atoms with E-state index in [1.807, 2.05) is 32.9 Å². The molecule has 2 rings (SSSR count). The van der Waals surface area contributed by atoms with Gasteiger partial charge in [-0.15, -0.1) is 0 Å². The lowest BCUT2D eigenvalue weighted by Gasteiger charge is -2.04. The van der Waals surface area contributed by atoms with Crippen molar-refractivity contribution in [3.05, 3.63) is 64.1 Å². The lowest BCUT2D eigenvalue weighted by atomic mass is 10.0. The Balaban J connectivity index is 0.00000113. The van der Waals surface area contributed by atoms with Crippen LogP contribution in [0.15, 0.2) is 53.0 Å². The number of ether oxygens (including phenoxy) is 1. The maximum Gasteiger partial charge on any atom is 0.132 e. The van der Waals surface area contributed by atoms with Crippen LogP contribution >= 0.6 is 15.9 Å². The zero-order valence-electron chi connectivity index (χ0n) is 19.7. The molecule has 4 heteroatoms. The molecular weight excluding hydrogens is 452 g/mol. The Hall–Kier alpha value is -1.94. The second-order valence-electron chi connectivity index (χ2n) is 7.03. The molecule has 0 spiro atoms. The summed E-state index contributed by atoms with van der Waals surface area (Å²) in [6, 6.07) is 16.5. The molecule has 0 N–H and O–H groups in total. The number of hydrogen-bond acceptors (Lipinski definition) is 3. The van der Waals surface area contributed by atoms with Crippen LogP contribution in [-0.4, -0.2) is 19.2 Å². The van der Waals surface area contributed by atoms with Gasteiger partial charge in [0, 0.05) is 23.7 Å². The third kappa shape index (κ3) is 15.5. The molecule has 0 saturated heterocycles. The standard InChI is InChI=1S/C21H25BrO2.C4H8O.C2H6/c1-24-21-15-11-17(12-16-21)5-2-3-7-20(23)8-4-6-18-9-13-19(22)14-10-18;1-2-3-4-5;1-2/h9-16H,2-8H2,1H3;4H,2-3H2,1H3;1-2H3. The van der Waals surface area contributed by atoms with Gasteiger partial charge >= 0.3 is 0 Å². The Labute approximate surface area is 197 Å². The Morgan fingerprint density at radius 2 is 1.39 bits per heavy atom. The van der Waals surface area contributed by atoms with Crippen molar-refractivity contribution < 1.29 is 14.3 Å². The number of unbranched alkanes of at least 4 members (excludes halogenated alkanes) is 2. The number of Topliss-reactive ketones (excluding diaryl/α,β-unsaturated/α-hetero) is 1. The third-order valence-electron chi connectivity index (χ3n) is 4.57. The summed E-state index contributed by atoms with van der Waals surface area (Å²) < 4.78 is 6.25. The van der Waals surface area contributed by atoms with Gasteiger partial charge in [-0.05, 0) is 73.9 Å². The average molecular weight is 492 g/mol. The fourth-order valence-corrected chi connectivity index (χ4v) is 3.09. The number of ketones is 1. The number of aryl methyl sites for hydroxylation is 2. The van der Waals surface area contributed by atoms with Gasteiger partial charge in [-0.3, -0.25) is 4.79 Å². The molecule has 0 unspecified atom stereocenters. The van der Waals surface area contributed by atoms with E-state index < -0.39 is 0 Å². The quantitative estimate of drug-likeness (QED) is 0.225. The van der Waals surface area contributed by atoms with E-state index in [2.05, 4.69) is 52.3 Å². The molecule has 0 aliphatic heterocycles. The minimum Gasteiger partial charge on any atom is -0.497 e. The molecule has 2 aromatic rings. The summed E-state index contributed by atoms with van der Waals surface area (Å²) in [4.78, 5) is 21.4. The van der Waals surface area contributed by atoms with E-state index in [-0.39, 0.29) is 0 Å². The van der Waals surface area contributed by atoms with Gasteiger partial charge in [-0.1, -0.05) is 61.0 Å². The Morgan fingerprint density at radius 3 is 1.87 bits per heavy atom. The van der Waals surface area contributed by atoms with Crippen molar-refractivity contribution in [2.24, 2.45) is 0 Å². The van der Waals surface area contributed by atoms with Crippen molar-refractivity contribution >= 4 is 28.0 Å². The van der Waals surface area contributed by atoms with Gasteiger partial charge in [-0.2, -0.15) is 0 Å². The summed E-state index contributed by atoms with van der Waals surface area (Å²) >= 11 is 3.44. The molecule has 0 fully saturated rings. The molecule has 3 nitrogen and oxygen atoms in total. The van der Waals surface area contributed by atoms with E-state index >= 15 is 0 Å². The number of carbonyl (C=O) groups excluding carboxylic acids is 2. The first-order valence-corrected chi connectivity index (χ1v) is 12.2. The van der Waals surface area contributed by atoms with E-state index in [0.29, 0.717) is 25.0 Å². The van der Waals surface area contributed by atoms with Crippen molar-refractivity contribution in [1.29, 1.82) is 0 Å². The third-order valence-corrected chi connectivity index (χ3v) is 5.10. The highest BCUT2D eigenvalue weighted by Gasteiger charge is 2.03. The number of carbonyl (C=O) groups is 2. The second kappa shape index (κ2) is 20.0. The summed E-state index contributed by atoms with van der Waals surface area (Å²) in [7, 11) is 1.68. The smallest absolute Gasteiger partial charge is 0.132 e. The van der Waals surface area contributed by atoms with Crippen molar-refractivity contribution in [3.63, 3.8) is 0 Å². The minimum absolute atomic E-state index is 0.391. The lowest BCUT2D eigenvalue weighted by molar-refractivity contribution is -0.119. The Bertz CT molecular complexity index is 693. The average Bonchev–Trinajstić information content (AvgIpc) is 2.81. The first-order chi connectivity index (χ1) is 15.1. The molecule has 0 heterocycles. The van der Waals surface area contributed by atoms with Gasteiger partial charge < -0.3 is 9.53 Å². The zero-order chi connectivity index (χ0) is 23.3. The van der Waals surface area contributed by atoms with Gasteiger partial charge in [0.05, 0.1) is 7.11 Å². The number of hydrogen-bond donors (Lipinski definition) is 0. The van der Waals surface area contributed by atoms with E-state index in [1.54, 1.807) is 7.11 Å². The summed E-state index contributed by atoms with van der Waals surface area (Å²) in [6.07, 6.45) is 8.99. The predicted octanol–water partition coefficient (Wildman–Crippen LogP) is 7.77. The molecule has 172 valence electrons. The first kappa shape index (κ1) is 29.1. The summed E-state index contributed by atoms with van der Waals surface area (Å²) in [5, 5.41) is 0. The minimum atomic E-state index is 0.391. The monoisotopic (exact) mass is 490 g/mol. The SMILES string of the molecule is CC.CCCC=O.COc1ccc(CCCCC(=O)CCCc2ccc(Br)cc2)cc1. The molecule has 0 radical (unpaired) electrons. The van der Waals surface area contributed by atoms with Crippen LogP contribution in [0.25, 0.3) is 0 Å². The van der Waals surface area contributed by atoms with E-state index in [0.717, 1.165) is 55.0 Å². The molecule has 2 aromatic carbocycles. The topological polar surface area (TPSA) is 43.4 Å². The van der Waals surface area contributed by atoms with Gasteiger partial charge in [0.2, 0.25) is 0 Å². The van der Waals surface area contributed by atoms with Crippen LogP contribution in [0.4, 0.5) is 0 Å². The predicted molar refractivity (Wildman–Crippen MR) is 135 cm³/mol. The van der Waals surface area contributed by atoms with Crippen LogP contribution in [0, 0.1) is 0 Å². The van der Waals surface area contributed by atoms with Crippen LogP contribution in [0.2, 0.25) is 0 Å². The van der Waals surface area contributed by atoms with Gasteiger partial charge in [0.15, 0.2) is 0 Å². The van der Waals surface area contributed by atoms with Crippen molar-refractivity contribution in [2.45, 2.75) is 78.6 Å². The second-order valence-corrected chi connectivity index (χ2v) is 7.94. The highest BCUT2D eigenvalue weighted by atomic mass is 79.9. The van der Waals surface area contributed by atoms with Crippen LogP contribution < -0.4 is 4.74 Å². The fraction of sp³-hybridized carbons (Fsp3) is 0.481. The van der Waals surface area contributed by atoms with Gasteiger partial charge in [-0.25, -0.2) is 0 Å². The highest BCUT2D eigenvalue weighted by molar-refractivity contribution is 9.10.